The van der Waals surface area contributed by atoms with Crippen LogP contribution in [0.2, 0.25) is 0 Å². The lowest BCUT2D eigenvalue weighted by atomic mass is 10.2. The highest BCUT2D eigenvalue weighted by Gasteiger charge is 2.33. The highest BCUT2D eigenvalue weighted by atomic mass is 32.2. The minimum absolute atomic E-state index is 0.171. The molecule has 0 saturated carbocycles. The van der Waals surface area contributed by atoms with Crippen LogP contribution in [0, 0.1) is 6.92 Å². The smallest absolute Gasteiger partial charge is 0.383 e. The zero-order valence-corrected chi connectivity index (χ0v) is 17.4. The lowest BCUT2D eigenvalue weighted by molar-refractivity contribution is -0.137. The molecule has 0 fully saturated rings. The molecule has 6 nitrogen and oxygen atoms in total. The maximum absolute atomic E-state index is 13.2. The maximum Gasteiger partial charge on any atom is 0.416 e. The molecule has 0 bridgehead atoms. The van der Waals surface area contributed by atoms with Crippen LogP contribution in [0.1, 0.15) is 17.5 Å². The Morgan fingerprint density at radius 2 is 1.80 bits per heavy atom. The summed E-state index contributed by atoms with van der Waals surface area (Å²) in [6.07, 6.45) is -4.85. The predicted octanol–water partition coefficient (Wildman–Crippen LogP) is 3.36. The predicted molar refractivity (Wildman–Crippen MR) is 107 cm³/mol. The van der Waals surface area contributed by atoms with E-state index in [9.17, 15) is 26.4 Å². The number of halogens is 3. The van der Waals surface area contributed by atoms with Gasteiger partial charge in [0.1, 0.15) is 0 Å². The first-order valence-electron chi connectivity index (χ1n) is 9.08. The molecule has 0 spiro atoms. The van der Waals surface area contributed by atoms with Gasteiger partial charge in [0.25, 0.3) is 10.0 Å². The van der Waals surface area contributed by atoms with E-state index in [0.29, 0.717) is 12.7 Å². The average molecular weight is 444 g/mol. The molecule has 0 unspecified atom stereocenters. The van der Waals surface area contributed by atoms with Crippen molar-refractivity contribution in [1.82, 2.24) is 5.32 Å². The number of ether oxygens (including phenoxy) is 1. The zero-order valence-electron chi connectivity index (χ0n) is 16.6. The van der Waals surface area contributed by atoms with E-state index >= 15 is 0 Å². The summed E-state index contributed by atoms with van der Waals surface area (Å²) in [4.78, 5) is 11.5. The van der Waals surface area contributed by atoms with Crippen LogP contribution in [0.3, 0.4) is 0 Å². The summed E-state index contributed by atoms with van der Waals surface area (Å²) in [6.45, 7) is 2.15. The van der Waals surface area contributed by atoms with Crippen LogP contribution in [0.15, 0.2) is 53.4 Å². The number of methoxy groups -OCH3 is 1. The van der Waals surface area contributed by atoms with Gasteiger partial charge in [0.2, 0.25) is 5.91 Å². The lowest BCUT2D eigenvalue weighted by Gasteiger charge is -2.25. The van der Waals surface area contributed by atoms with Crippen LogP contribution in [-0.2, 0) is 25.7 Å². The number of carbonyl (C=O) groups is 1. The SMILES string of the molecule is COCCNC(=O)CCN(c1ccc(C)cc1)S(=O)(=O)c1cccc(C(F)(F)F)c1. The molecule has 0 radical (unpaired) electrons. The number of sulfonamides is 1. The van der Waals surface area contributed by atoms with Crippen molar-refractivity contribution in [2.75, 3.05) is 31.1 Å². The molecule has 10 heteroatoms. The molecule has 2 aromatic carbocycles. The number of benzene rings is 2. The molecule has 0 aliphatic rings. The Hall–Kier alpha value is -2.59. The van der Waals surface area contributed by atoms with Gasteiger partial charge in [-0.15, -0.1) is 0 Å². The summed E-state index contributed by atoms with van der Waals surface area (Å²) in [5.74, 6) is -0.400. The number of alkyl halides is 3. The van der Waals surface area contributed by atoms with Crippen molar-refractivity contribution in [3.63, 3.8) is 0 Å². The number of amides is 1. The molecule has 0 heterocycles. The Morgan fingerprint density at radius 3 is 2.40 bits per heavy atom. The minimum Gasteiger partial charge on any atom is -0.383 e. The van der Waals surface area contributed by atoms with Crippen molar-refractivity contribution in [2.45, 2.75) is 24.4 Å². The van der Waals surface area contributed by atoms with Gasteiger partial charge in [0.15, 0.2) is 0 Å². The van der Waals surface area contributed by atoms with E-state index in [4.69, 9.17) is 4.74 Å². The first-order valence-corrected chi connectivity index (χ1v) is 10.5. The van der Waals surface area contributed by atoms with Crippen molar-refractivity contribution < 1.29 is 31.1 Å². The third kappa shape index (κ3) is 6.20. The molecule has 0 atom stereocenters. The summed E-state index contributed by atoms with van der Waals surface area (Å²) in [7, 11) is -2.86. The number of hydrogen-bond donors (Lipinski definition) is 1. The van der Waals surface area contributed by atoms with Crippen LogP contribution in [0.25, 0.3) is 0 Å². The molecule has 0 aliphatic heterocycles. The standard InChI is InChI=1S/C20H23F3N2O4S/c1-15-6-8-17(9-7-15)25(12-10-19(26)24-11-13-29-2)30(27,28)18-5-3-4-16(14-18)20(21,22)23/h3-9,14H,10-13H2,1-2H3,(H,24,26). The largest absolute Gasteiger partial charge is 0.416 e. The van der Waals surface area contributed by atoms with Gasteiger partial charge >= 0.3 is 6.18 Å². The first-order chi connectivity index (χ1) is 14.1. The summed E-state index contributed by atoms with van der Waals surface area (Å²) in [6, 6.07) is 10.00. The van der Waals surface area contributed by atoms with Crippen molar-refractivity contribution in [1.29, 1.82) is 0 Å². The number of anilines is 1. The van der Waals surface area contributed by atoms with Gasteiger partial charge in [0.05, 0.1) is 22.8 Å². The minimum atomic E-state index is -4.68. The topological polar surface area (TPSA) is 75.7 Å². The maximum atomic E-state index is 13.2. The summed E-state index contributed by atoms with van der Waals surface area (Å²) >= 11 is 0. The number of nitrogens with one attached hydrogen (secondary N) is 1. The van der Waals surface area contributed by atoms with Gasteiger partial charge in [0, 0.05) is 26.6 Å². The molecule has 164 valence electrons. The summed E-state index contributed by atoms with van der Waals surface area (Å²) in [5.41, 5.74) is 0.0694. The van der Waals surface area contributed by atoms with E-state index < -0.39 is 32.6 Å². The summed E-state index contributed by atoms with van der Waals surface area (Å²) < 4.78 is 71.3. The Bertz CT molecular complexity index is 961. The van der Waals surface area contributed by atoms with E-state index in [1.54, 1.807) is 24.3 Å². The van der Waals surface area contributed by atoms with Gasteiger partial charge in [-0.1, -0.05) is 23.8 Å². The highest BCUT2D eigenvalue weighted by molar-refractivity contribution is 7.92. The van der Waals surface area contributed by atoms with E-state index in [2.05, 4.69) is 5.32 Å². The third-order valence-corrected chi connectivity index (χ3v) is 6.06. The van der Waals surface area contributed by atoms with Crippen LogP contribution in [-0.4, -0.2) is 41.1 Å². The van der Waals surface area contributed by atoms with E-state index in [-0.39, 0.29) is 25.2 Å². The van der Waals surface area contributed by atoms with Crippen LogP contribution in [0.5, 0.6) is 0 Å². The molecule has 0 saturated heterocycles. The molecule has 2 aromatic rings. The van der Waals surface area contributed by atoms with E-state index in [1.807, 2.05) is 6.92 Å². The van der Waals surface area contributed by atoms with Crippen molar-refractivity contribution in [3.8, 4) is 0 Å². The van der Waals surface area contributed by atoms with Crippen molar-refractivity contribution >= 4 is 21.6 Å². The Balaban J connectivity index is 2.35. The molecule has 30 heavy (non-hydrogen) atoms. The molecule has 0 aromatic heterocycles. The van der Waals surface area contributed by atoms with Gasteiger partial charge in [-0.25, -0.2) is 8.42 Å². The first kappa shape index (κ1) is 23.7. The van der Waals surface area contributed by atoms with Crippen molar-refractivity contribution in [3.05, 3.63) is 59.7 Å². The number of nitrogens with zero attached hydrogens (tertiary/aromatic N) is 1. The van der Waals surface area contributed by atoms with Gasteiger partial charge in [-0.3, -0.25) is 9.10 Å². The molecular formula is C20H23F3N2O4S. The fraction of sp³-hybridized carbons (Fsp3) is 0.350. The quantitative estimate of drug-likeness (QED) is 0.602. The van der Waals surface area contributed by atoms with Gasteiger partial charge in [-0.2, -0.15) is 13.2 Å². The molecular weight excluding hydrogens is 421 g/mol. The molecule has 1 amide bonds. The second-order valence-corrected chi connectivity index (χ2v) is 8.39. The molecule has 1 N–H and O–H groups in total. The van der Waals surface area contributed by atoms with E-state index in [0.717, 1.165) is 28.1 Å². The number of carbonyl (C=O) groups excluding carboxylic acids is 1. The Labute approximate surface area is 173 Å². The van der Waals surface area contributed by atoms with E-state index in [1.165, 1.54) is 7.11 Å². The highest BCUT2D eigenvalue weighted by Crippen LogP contribution is 2.32. The fourth-order valence-corrected chi connectivity index (χ4v) is 4.16. The second-order valence-electron chi connectivity index (χ2n) is 6.53. The average Bonchev–Trinajstić information content (AvgIpc) is 2.69. The van der Waals surface area contributed by atoms with Crippen LogP contribution >= 0.6 is 0 Å². The Kier molecular flexibility index (Phi) is 7.85. The normalized spacial score (nSPS) is 11.9. The van der Waals surface area contributed by atoms with Gasteiger partial charge < -0.3 is 10.1 Å². The van der Waals surface area contributed by atoms with Crippen LogP contribution in [0.4, 0.5) is 18.9 Å². The number of aryl methyl sites for hydroxylation is 1. The Morgan fingerprint density at radius 1 is 1.13 bits per heavy atom. The third-order valence-electron chi connectivity index (χ3n) is 4.24. The molecule has 0 aliphatic carbocycles. The zero-order chi connectivity index (χ0) is 22.4. The van der Waals surface area contributed by atoms with Crippen LogP contribution < -0.4 is 9.62 Å². The second kappa shape index (κ2) is 9.94. The van der Waals surface area contributed by atoms with Gasteiger partial charge in [-0.05, 0) is 37.3 Å². The summed E-state index contributed by atoms with van der Waals surface area (Å²) in [5, 5.41) is 2.59. The lowest BCUT2D eigenvalue weighted by Crippen LogP contribution is -2.36. The fourth-order valence-electron chi connectivity index (χ4n) is 2.64. The monoisotopic (exact) mass is 444 g/mol. The number of hydrogen-bond acceptors (Lipinski definition) is 4. The molecule has 2 rings (SSSR count). The number of rotatable bonds is 9. The van der Waals surface area contributed by atoms with Crippen molar-refractivity contribution in [2.24, 2.45) is 0 Å².